The van der Waals surface area contributed by atoms with Crippen molar-refractivity contribution in [3.63, 3.8) is 0 Å². The van der Waals surface area contributed by atoms with Crippen LogP contribution in [-0.4, -0.2) is 10.9 Å². The predicted molar refractivity (Wildman–Crippen MR) is 93.1 cm³/mol. The molecular weight excluding hydrogens is 286 g/mol. The Morgan fingerprint density at radius 2 is 1.65 bits per heavy atom. The van der Waals surface area contributed by atoms with Gasteiger partial charge in [-0.25, -0.2) is 4.98 Å². The van der Waals surface area contributed by atoms with Gasteiger partial charge in [-0.15, -0.1) is 0 Å². The van der Waals surface area contributed by atoms with Crippen molar-refractivity contribution in [2.24, 2.45) is 0 Å². The van der Waals surface area contributed by atoms with Crippen LogP contribution in [0, 0.1) is 6.92 Å². The first kappa shape index (κ1) is 14.8. The third kappa shape index (κ3) is 3.55. The zero-order valence-corrected chi connectivity index (χ0v) is 12.8. The third-order valence-corrected chi connectivity index (χ3v) is 3.48. The minimum Gasteiger partial charge on any atom is -0.339 e. The number of nitrogens with zero attached hydrogens (tertiary/aromatic N) is 1. The molecule has 23 heavy (non-hydrogen) atoms. The molecule has 0 saturated heterocycles. The number of aryl methyl sites for hydroxylation is 1. The molecule has 0 unspecified atom stereocenters. The maximum atomic E-state index is 12.5. The van der Waals surface area contributed by atoms with Crippen molar-refractivity contribution in [3.8, 4) is 0 Å². The Kier molecular flexibility index (Phi) is 4.34. The summed E-state index contributed by atoms with van der Waals surface area (Å²) in [6, 6.07) is 20.8. The molecule has 0 atom stereocenters. The second kappa shape index (κ2) is 6.75. The molecule has 3 aromatic rings. The van der Waals surface area contributed by atoms with Crippen LogP contribution in [-0.2, 0) is 0 Å². The molecule has 0 spiro atoms. The smallest absolute Gasteiger partial charge is 0.259 e. The lowest BCUT2D eigenvalue weighted by molar-refractivity contribution is 0.102. The first-order valence-electron chi connectivity index (χ1n) is 7.38. The molecule has 2 aromatic carbocycles. The summed E-state index contributed by atoms with van der Waals surface area (Å²) in [4.78, 5) is 16.8. The van der Waals surface area contributed by atoms with Crippen molar-refractivity contribution in [2.75, 3.05) is 10.6 Å². The van der Waals surface area contributed by atoms with E-state index in [1.807, 2.05) is 61.5 Å². The summed E-state index contributed by atoms with van der Waals surface area (Å²) >= 11 is 0. The number of para-hydroxylation sites is 2. The van der Waals surface area contributed by atoms with Crippen LogP contribution in [0.1, 0.15) is 15.9 Å². The van der Waals surface area contributed by atoms with Gasteiger partial charge in [-0.3, -0.25) is 4.79 Å². The van der Waals surface area contributed by atoms with Crippen molar-refractivity contribution in [1.29, 1.82) is 0 Å². The van der Waals surface area contributed by atoms with E-state index in [1.165, 1.54) is 0 Å². The lowest BCUT2D eigenvalue weighted by Crippen LogP contribution is -2.14. The van der Waals surface area contributed by atoms with E-state index in [0.717, 1.165) is 16.9 Å². The van der Waals surface area contributed by atoms with E-state index < -0.39 is 0 Å². The minimum absolute atomic E-state index is 0.194. The highest BCUT2D eigenvalue weighted by Gasteiger charge is 2.13. The fourth-order valence-corrected chi connectivity index (χ4v) is 2.25. The zero-order valence-electron chi connectivity index (χ0n) is 12.8. The Hall–Kier alpha value is -3.14. The van der Waals surface area contributed by atoms with Gasteiger partial charge in [0.05, 0.1) is 5.56 Å². The number of carbonyl (C=O) groups is 1. The SMILES string of the molecule is Cc1ccccc1Nc1ncccc1C(=O)Nc1ccccc1. The summed E-state index contributed by atoms with van der Waals surface area (Å²) < 4.78 is 0. The molecule has 4 nitrogen and oxygen atoms in total. The molecule has 2 N–H and O–H groups in total. The maximum Gasteiger partial charge on any atom is 0.259 e. The highest BCUT2D eigenvalue weighted by Crippen LogP contribution is 2.22. The fraction of sp³-hybridized carbons (Fsp3) is 0.0526. The molecule has 1 amide bonds. The van der Waals surface area contributed by atoms with Gasteiger partial charge in [-0.05, 0) is 42.8 Å². The van der Waals surface area contributed by atoms with Gasteiger partial charge in [-0.2, -0.15) is 0 Å². The van der Waals surface area contributed by atoms with Crippen LogP contribution < -0.4 is 10.6 Å². The van der Waals surface area contributed by atoms with E-state index in [4.69, 9.17) is 0 Å². The lowest BCUT2D eigenvalue weighted by Gasteiger charge is -2.12. The average Bonchev–Trinajstić information content (AvgIpc) is 2.58. The maximum absolute atomic E-state index is 12.5. The molecule has 3 rings (SSSR count). The molecular formula is C19H17N3O. The topological polar surface area (TPSA) is 54.0 Å². The van der Waals surface area contributed by atoms with Gasteiger partial charge < -0.3 is 10.6 Å². The molecule has 1 aromatic heterocycles. The second-order valence-electron chi connectivity index (χ2n) is 5.16. The molecule has 0 aliphatic heterocycles. The van der Waals surface area contributed by atoms with E-state index >= 15 is 0 Å². The average molecular weight is 303 g/mol. The Morgan fingerprint density at radius 1 is 0.913 bits per heavy atom. The Morgan fingerprint density at radius 3 is 2.43 bits per heavy atom. The van der Waals surface area contributed by atoms with Crippen LogP contribution in [0.3, 0.4) is 0 Å². The number of nitrogens with one attached hydrogen (secondary N) is 2. The quantitative estimate of drug-likeness (QED) is 0.751. The van der Waals surface area contributed by atoms with E-state index in [9.17, 15) is 4.79 Å². The summed E-state index contributed by atoms with van der Waals surface area (Å²) in [5.41, 5.74) is 3.27. The van der Waals surface area contributed by atoms with Gasteiger partial charge in [0.2, 0.25) is 0 Å². The number of aromatic nitrogens is 1. The number of anilines is 3. The number of amides is 1. The highest BCUT2D eigenvalue weighted by atomic mass is 16.1. The predicted octanol–water partition coefficient (Wildman–Crippen LogP) is 4.39. The number of carbonyl (C=O) groups excluding carboxylic acids is 1. The highest BCUT2D eigenvalue weighted by molar-refractivity contribution is 6.07. The zero-order chi connectivity index (χ0) is 16.1. The monoisotopic (exact) mass is 303 g/mol. The molecule has 0 saturated carbocycles. The van der Waals surface area contributed by atoms with Crippen LogP contribution in [0.5, 0.6) is 0 Å². The van der Waals surface area contributed by atoms with Crippen LogP contribution in [0.25, 0.3) is 0 Å². The molecule has 0 aliphatic carbocycles. The Balaban J connectivity index is 1.86. The molecule has 1 heterocycles. The number of pyridine rings is 1. The third-order valence-electron chi connectivity index (χ3n) is 3.48. The van der Waals surface area contributed by atoms with Gasteiger partial charge in [0.15, 0.2) is 0 Å². The molecule has 0 radical (unpaired) electrons. The Bertz CT molecular complexity index is 816. The standard InChI is InChI=1S/C19H17N3O/c1-14-8-5-6-12-17(14)22-18-16(11-7-13-20-18)19(23)21-15-9-3-2-4-10-15/h2-13H,1H3,(H,20,22)(H,21,23). The summed E-state index contributed by atoms with van der Waals surface area (Å²) in [5.74, 6) is 0.343. The van der Waals surface area contributed by atoms with Crippen LogP contribution in [0.2, 0.25) is 0 Å². The summed E-state index contributed by atoms with van der Waals surface area (Å²) in [5, 5.41) is 6.12. The Labute approximate surface area is 135 Å². The number of hydrogen-bond donors (Lipinski definition) is 2. The van der Waals surface area contributed by atoms with E-state index in [-0.39, 0.29) is 5.91 Å². The van der Waals surface area contributed by atoms with Crippen molar-refractivity contribution in [3.05, 3.63) is 84.1 Å². The molecule has 0 bridgehead atoms. The first-order chi connectivity index (χ1) is 11.2. The molecule has 4 heteroatoms. The van der Waals surface area contributed by atoms with E-state index in [0.29, 0.717) is 11.4 Å². The van der Waals surface area contributed by atoms with Crippen molar-refractivity contribution in [1.82, 2.24) is 4.98 Å². The minimum atomic E-state index is -0.194. The summed E-state index contributed by atoms with van der Waals surface area (Å²) in [7, 11) is 0. The van der Waals surface area contributed by atoms with Crippen LogP contribution >= 0.6 is 0 Å². The number of hydrogen-bond acceptors (Lipinski definition) is 3. The van der Waals surface area contributed by atoms with Crippen molar-refractivity contribution < 1.29 is 4.79 Å². The lowest BCUT2D eigenvalue weighted by atomic mass is 10.2. The normalized spacial score (nSPS) is 10.1. The van der Waals surface area contributed by atoms with Gasteiger partial charge in [-0.1, -0.05) is 36.4 Å². The van der Waals surface area contributed by atoms with Gasteiger partial charge in [0, 0.05) is 17.6 Å². The van der Waals surface area contributed by atoms with E-state index in [1.54, 1.807) is 18.3 Å². The molecule has 0 fully saturated rings. The summed E-state index contributed by atoms with van der Waals surface area (Å²) in [6.07, 6.45) is 1.67. The molecule has 114 valence electrons. The van der Waals surface area contributed by atoms with Gasteiger partial charge in [0.1, 0.15) is 5.82 Å². The van der Waals surface area contributed by atoms with E-state index in [2.05, 4.69) is 15.6 Å². The fourth-order valence-electron chi connectivity index (χ4n) is 2.25. The van der Waals surface area contributed by atoms with Crippen LogP contribution in [0.4, 0.5) is 17.2 Å². The first-order valence-corrected chi connectivity index (χ1v) is 7.38. The largest absolute Gasteiger partial charge is 0.339 e. The van der Waals surface area contributed by atoms with Crippen molar-refractivity contribution in [2.45, 2.75) is 6.92 Å². The van der Waals surface area contributed by atoms with Gasteiger partial charge >= 0.3 is 0 Å². The summed E-state index contributed by atoms with van der Waals surface area (Å²) in [6.45, 7) is 2.01. The van der Waals surface area contributed by atoms with Crippen molar-refractivity contribution >= 4 is 23.1 Å². The number of rotatable bonds is 4. The van der Waals surface area contributed by atoms with Gasteiger partial charge in [0.25, 0.3) is 5.91 Å². The molecule has 0 aliphatic rings. The second-order valence-corrected chi connectivity index (χ2v) is 5.16. The number of benzene rings is 2. The van der Waals surface area contributed by atoms with Crippen LogP contribution in [0.15, 0.2) is 72.9 Å².